The van der Waals surface area contributed by atoms with Crippen LogP contribution >= 0.6 is 7.82 Å². The van der Waals surface area contributed by atoms with E-state index in [0.29, 0.717) is 17.4 Å². The summed E-state index contributed by atoms with van der Waals surface area (Å²) in [5.74, 6) is -0.198. The SMILES string of the molecule is CCCCCCCCCCCC/C=C/[C@@H](O)[C@H](COP(=O)([O-])OCC[N+](C)(C)C)NC(=O)CCCCCCCCCCCCCCCC. The molecule has 9 heteroatoms. The number of nitrogens with zero attached hydrogens (tertiary/aromatic N) is 1. The van der Waals surface area contributed by atoms with Crippen LogP contribution in [0.5, 0.6) is 0 Å². The number of allylic oxidation sites excluding steroid dienone is 1. The fourth-order valence-corrected chi connectivity index (χ4v) is 6.46. The molecule has 0 fully saturated rings. The molecule has 0 rings (SSSR count). The van der Waals surface area contributed by atoms with Crippen LogP contribution in [0.3, 0.4) is 0 Å². The molecule has 0 radical (unpaired) electrons. The van der Waals surface area contributed by atoms with Crippen molar-refractivity contribution in [2.45, 2.75) is 193 Å². The Labute approximate surface area is 297 Å². The van der Waals surface area contributed by atoms with E-state index in [1.54, 1.807) is 6.08 Å². The monoisotopic (exact) mass is 703 g/mol. The van der Waals surface area contributed by atoms with Crippen LogP contribution in [0.25, 0.3) is 0 Å². The molecule has 0 spiro atoms. The maximum Gasteiger partial charge on any atom is 0.268 e. The molecule has 0 aromatic heterocycles. The van der Waals surface area contributed by atoms with Gasteiger partial charge in [-0.05, 0) is 19.3 Å². The Hall–Kier alpha value is -0.760. The van der Waals surface area contributed by atoms with Crippen molar-refractivity contribution in [2.75, 3.05) is 40.9 Å². The summed E-state index contributed by atoms with van der Waals surface area (Å²) in [6.07, 6.45) is 33.9. The Bertz CT molecular complexity index is 804. The Morgan fingerprint density at radius 3 is 1.56 bits per heavy atom. The van der Waals surface area contributed by atoms with Crippen LogP contribution in [0.1, 0.15) is 181 Å². The predicted molar refractivity (Wildman–Crippen MR) is 201 cm³/mol. The lowest BCUT2D eigenvalue weighted by Gasteiger charge is -2.29. The molecule has 8 nitrogen and oxygen atoms in total. The average molecular weight is 703 g/mol. The van der Waals surface area contributed by atoms with Crippen LogP contribution in [-0.2, 0) is 18.4 Å². The van der Waals surface area contributed by atoms with Gasteiger partial charge in [-0.15, -0.1) is 0 Å². The second kappa shape index (κ2) is 32.2. The summed E-state index contributed by atoms with van der Waals surface area (Å²) in [4.78, 5) is 25.2. The number of quaternary nitrogens is 1. The molecule has 2 N–H and O–H groups in total. The summed E-state index contributed by atoms with van der Waals surface area (Å²) >= 11 is 0. The summed E-state index contributed by atoms with van der Waals surface area (Å²) in [5, 5.41) is 13.7. The minimum atomic E-state index is -4.57. The summed E-state index contributed by atoms with van der Waals surface area (Å²) < 4.78 is 23.1. The van der Waals surface area contributed by atoms with Crippen LogP contribution in [0.15, 0.2) is 12.2 Å². The van der Waals surface area contributed by atoms with Gasteiger partial charge < -0.3 is 28.8 Å². The molecule has 0 aromatic rings. The fraction of sp³-hybridized carbons (Fsp3) is 0.923. The molecule has 0 bridgehead atoms. The smallest absolute Gasteiger partial charge is 0.268 e. The van der Waals surface area contributed by atoms with Crippen molar-refractivity contribution in [3.8, 4) is 0 Å². The van der Waals surface area contributed by atoms with E-state index in [2.05, 4.69) is 19.2 Å². The lowest BCUT2D eigenvalue weighted by molar-refractivity contribution is -0.870. The van der Waals surface area contributed by atoms with Crippen molar-refractivity contribution in [3.63, 3.8) is 0 Å². The van der Waals surface area contributed by atoms with Gasteiger partial charge in [0, 0.05) is 6.42 Å². The summed E-state index contributed by atoms with van der Waals surface area (Å²) in [5.41, 5.74) is 0. The normalized spacial score (nSPS) is 14.7. The Morgan fingerprint density at radius 1 is 0.708 bits per heavy atom. The van der Waals surface area contributed by atoms with Gasteiger partial charge in [0.1, 0.15) is 13.2 Å². The molecular formula is C39H79N2O6P. The highest BCUT2D eigenvalue weighted by atomic mass is 31.2. The van der Waals surface area contributed by atoms with Crippen LogP contribution in [0.2, 0.25) is 0 Å². The van der Waals surface area contributed by atoms with Gasteiger partial charge in [0.15, 0.2) is 0 Å². The molecule has 48 heavy (non-hydrogen) atoms. The highest BCUT2D eigenvalue weighted by Gasteiger charge is 2.23. The Balaban J connectivity index is 4.48. The largest absolute Gasteiger partial charge is 0.756 e. The topological polar surface area (TPSA) is 108 Å². The highest BCUT2D eigenvalue weighted by Crippen LogP contribution is 2.38. The van der Waals surface area contributed by atoms with E-state index in [-0.39, 0.29) is 19.1 Å². The number of nitrogens with one attached hydrogen (secondary N) is 1. The first-order valence-corrected chi connectivity index (χ1v) is 21.5. The Morgan fingerprint density at radius 2 is 1.12 bits per heavy atom. The van der Waals surface area contributed by atoms with Gasteiger partial charge >= 0.3 is 0 Å². The van der Waals surface area contributed by atoms with Gasteiger partial charge in [-0.2, -0.15) is 0 Å². The zero-order chi connectivity index (χ0) is 35.8. The number of phosphoric acid groups is 1. The summed E-state index contributed by atoms with van der Waals surface area (Å²) in [7, 11) is 1.27. The van der Waals surface area contributed by atoms with E-state index in [4.69, 9.17) is 9.05 Å². The molecule has 0 aliphatic heterocycles. The van der Waals surface area contributed by atoms with Crippen molar-refractivity contribution in [1.29, 1.82) is 0 Å². The third kappa shape index (κ3) is 33.7. The average Bonchev–Trinajstić information content (AvgIpc) is 3.02. The third-order valence-electron chi connectivity index (χ3n) is 9.00. The van der Waals surface area contributed by atoms with Gasteiger partial charge in [-0.1, -0.05) is 167 Å². The molecule has 0 saturated heterocycles. The van der Waals surface area contributed by atoms with Gasteiger partial charge in [0.05, 0.1) is 39.9 Å². The van der Waals surface area contributed by atoms with Crippen LogP contribution in [0.4, 0.5) is 0 Å². The molecule has 0 saturated carbocycles. The quantitative estimate of drug-likeness (QED) is 0.0291. The minimum absolute atomic E-state index is 0.00173. The van der Waals surface area contributed by atoms with Gasteiger partial charge in [0.25, 0.3) is 7.82 Å². The minimum Gasteiger partial charge on any atom is -0.756 e. The van der Waals surface area contributed by atoms with E-state index in [1.165, 1.54) is 122 Å². The molecule has 0 aliphatic carbocycles. The van der Waals surface area contributed by atoms with Gasteiger partial charge in [-0.25, -0.2) is 0 Å². The number of aliphatic hydroxyl groups is 1. The number of aliphatic hydroxyl groups excluding tert-OH is 1. The van der Waals surface area contributed by atoms with E-state index in [0.717, 1.165) is 38.5 Å². The first-order valence-electron chi connectivity index (χ1n) is 20.1. The van der Waals surface area contributed by atoms with Crippen LogP contribution in [0, 0.1) is 0 Å². The second-order valence-electron chi connectivity index (χ2n) is 15.0. The molecular weight excluding hydrogens is 623 g/mol. The zero-order valence-electron chi connectivity index (χ0n) is 32.2. The lowest BCUT2D eigenvalue weighted by Crippen LogP contribution is -2.45. The van der Waals surface area contributed by atoms with Crippen LogP contribution in [-0.4, -0.2) is 68.5 Å². The molecule has 0 aliphatic rings. The number of hydrogen-bond donors (Lipinski definition) is 2. The van der Waals surface area contributed by atoms with Crippen molar-refractivity contribution in [2.24, 2.45) is 0 Å². The second-order valence-corrected chi connectivity index (χ2v) is 16.4. The number of hydrogen-bond acceptors (Lipinski definition) is 6. The maximum atomic E-state index is 12.8. The van der Waals surface area contributed by atoms with Crippen molar-refractivity contribution >= 4 is 13.7 Å². The number of amides is 1. The molecule has 286 valence electrons. The first-order chi connectivity index (χ1) is 23.0. The summed E-state index contributed by atoms with van der Waals surface area (Å²) in [6.45, 7) is 4.63. The van der Waals surface area contributed by atoms with E-state index in [1.807, 2.05) is 27.2 Å². The Kier molecular flexibility index (Phi) is 31.7. The van der Waals surface area contributed by atoms with Crippen molar-refractivity contribution < 1.29 is 32.9 Å². The zero-order valence-corrected chi connectivity index (χ0v) is 33.1. The first kappa shape index (κ1) is 47.2. The standard InChI is InChI=1S/C39H79N2O6P/c1-6-8-10-12-14-16-18-20-21-23-25-27-29-31-33-39(43)40-37(36-47-48(44,45)46-35-34-41(3,4)5)38(42)32-30-28-26-24-22-19-17-15-13-11-9-7-2/h30,32,37-38,42H,6-29,31,33-36H2,1-5H3,(H-,40,43,44,45)/b32-30+/t37-,38+/m0/s1. The molecule has 0 aromatic carbocycles. The number of rotatable bonds is 36. The molecule has 1 amide bonds. The number of unbranched alkanes of at least 4 members (excludes halogenated alkanes) is 23. The molecule has 1 unspecified atom stereocenters. The number of carbonyl (C=O) groups is 1. The highest BCUT2D eigenvalue weighted by molar-refractivity contribution is 7.45. The predicted octanol–water partition coefficient (Wildman–Crippen LogP) is 9.78. The van der Waals surface area contributed by atoms with Gasteiger partial charge in [0.2, 0.25) is 5.91 Å². The van der Waals surface area contributed by atoms with E-state index >= 15 is 0 Å². The van der Waals surface area contributed by atoms with E-state index in [9.17, 15) is 19.4 Å². The maximum absolute atomic E-state index is 12.8. The van der Waals surface area contributed by atoms with Crippen molar-refractivity contribution in [1.82, 2.24) is 5.32 Å². The van der Waals surface area contributed by atoms with Crippen molar-refractivity contribution in [3.05, 3.63) is 12.2 Å². The van der Waals surface area contributed by atoms with Gasteiger partial charge in [-0.3, -0.25) is 9.36 Å². The molecule has 3 atom stereocenters. The van der Waals surface area contributed by atoms with Crippen LogP contribution < -0.4 is 10.2 Å². The molecule has 0 heterocycles. The van der Waals surface area contributed by atoms with E-state index < -0.39 is 20.0 Å². The third-order valence-corrected chi connectivity index (χ3v) is 9.96. The number of carbonyl (C=O) groups excluding carboxylic acids is 1. The lowest BCUT2D eigenvalue weighted by atomic mass is 10.0. The fourth-order valence-electron chi connectivity index (χ4n) is 5.74. The number of likely N-dealkylation sites (N-methyl/N-ethyl adjacent to an activating group) is 1. The number of phosphoric ester groups is 1. The summed E-state index contributed by atoms with van der Waals surface area (Å²) in [6, 6.07) is -0.877.